The van der Waals surface area contributed by atoms with Crippen LogP contribution in [0.2, 0.25) is 0 Å². The van der Waals surface area contributed by atoms with Crippen molar-refractivity contribution in [3.8, 4) is 0 Å². The Balaban J connectivity index is 1.21. The zero-order valence-corrected chi connectivity index (χ0v) is 24.6. The molecular weight excluding hydrogens is 496 g/mol. The van der Waals surface area contributed by atoms with E-state index in [1.807, 2.05) is 4.90 Å². The van der Waals surface area contributed by atoms with Crippen molar-refractivity contribution in [1.29, 1.82) is 0 Å². The molecule has 0 aromatic heterocycles. The molecule has 1 heterocycles. The molecule has 4 aliphatic carbocycles. The standard InChI is InChI=1S/C31H52N2O6/c1-5-39-29(38)33-14-12-32(13-15-33)27(37)9-6-19(2)22-7-8-23-28-24(18-26(36)31(22,23)4)30(3)11-10-21(34)16-20(30)17-25(28)35/h19-26,28,34-36H,5-18H2,1-4H3. The highest BCUT2D eigenvalue weighted by Crippen LogP contribution is 2.68. The molecule has 1 aliphatic heterocycles. The van der Waals surface area contributed by atoms with Gasteiger partial charge in [0.2, 0.25) is 5.91 Å². The summed E-state index contributed by atoms with van der Waals surface area (Å²) in [6, 6.07) is 0. The predicted molar refractivity (Wildman–Crippen MR) is 148 cm³/mol. The third-order valence-electron chi connectivity index (χ3n) is 12.5. The number of carbonyl (C=O) groups is 2. The van der Waals surface area contributed by atoms with Crippen LogP contribution in [0.4, 0.5) is 4.79 Å². The van der Waals surface area contributed by atoms with Crippen molar-refractivity contribution in [1.82, 2.24) is 9.80 Å². The number of piperazine rings is 1. The van der Waals surface area contributed by atoms with E-state index in [1.165, 1.54) is 0 Å². The lowest BCUT2D eigenvalue weighted by atomic mass is 9.43. The van der Waals surface area contributed by atoms with E-state index in [1.54, 1.807) is 11.8 Å². The Kier molecular flexibility index (Phi) is 8.31. The van der Waals surface area contributed by atoms with E-state index >= 15 is 0 Å². The molecule has 5 fully saturated rings. The van der Waals surface area contributed by atoms with Gasteiger partial charge in [-0.15, -0.1) is 0 Å². The summed E-state index contributed by atoms with van der Waals surface area (Å²) in [5, 5.41) is 33.6. The molecule has 222 valence electrons. The molecule has 0 radical (unpaired) electrons. The highest BCUT2D eigenvalue weighted by atomic mass is 16.6. The van der Waals surface area contributed by atoms with Crippen LogP contribution < -0.4 is 0 Å². The zero-order chi connectivity index (χ0) is 28.1. The van der Waals surface area contributed by atoms with E-state index in [0.717, 1.165) is 51.4 Å². The van der Waals surface area contributed by atoms with E-state index in [-0.39, 0.29) is 41.0 Å². The topological polar surface area (TPSA) is 111 Å². The zero-order valence-electron chi connectivity index (χ0n) is 24.6. The normalized spacial score (nSPS) is 44.7. The number of rotatable bonds is 5. The summed E-state index contributed by atoms with van der Waals surface area (Å²) in [5.41, 5.74) is -0.161. The summed E-state index contributed by atoms with van der Waals surface area (Å²) >= 11 is 0. The minimum absolute atomic E-state index is 0.0822. The molecule has 5 rings (SSSR count). The number of aliphatic hydroxyl groups excluding tert-OH is 3. The Morgan fingerprint density at radius 3 is 2.33 bits per heavy atom. The number of hydrogen-bond donors (Lipinski definition) is 3. The van der Waals surface area contributed by atoms with E-state index in [0.29, 0.717) is 68.8 Å². The average molecular weight is 549 g/mol. The van der Waals surface area contributed by atoms with E-state index in [9.17, 15) is 24.9 Å². The summed E-state index contributed by atoms with van der Waals surface area (Å²) in [5.74, 6) is 1.93. The number of fused-ring (bicyclic) bond motifs is 5. The summed E-state index contributed by atoms with van der Waals surface area (Å²) in [6.45, 7) is 11.2. The van der Waals surface area contributed by atoms with Crippen molar-refractivity contribution in [3.63, 3.8) is 0 Å². The Labute approximate surface area is 234 Å². The molecule has 1 saturated heterocycles. The fraction of sp³-hybridized carbons (Fsp3) is 0.935. The maximum atomic E-state index is 13.1. The number of ether oxygens (including phenoxy) is 1. The van der Waals surface area contributed by atoms with Crippen molar-refractivity contribution in [2.24, 2.45) is 46.3 Å². The van der Waals surface area contributed by atoms with Crippen LogP contribution in [0.15, 0.2) is 0 Å². The maximum Gasteiger partial charge on any atom is 0.409 e. The fourth-order valence-corrected chi connectivity index (χ4v) is 10.2. The van der Waals surface area contributed by atoms with Crippen LogP contribution in [0.25, 0.3) is 0 Å². The van der Waals surface area contributed by atoms with E-state index < -0.39 is 6.10 Å². The third kappa shape index (κ3) is 5.01. The van der Waals surface area contributed by atoms with Crippen molar-refractivity contribution < 1.29 is 29.6 Å². The molecule has 0 bridgehead atoms. The van der Waals surface area contributed by atoms with Gasteiger partial charge in [-0.3, -0.25) is 4.79 Å². The second kappa shape index (κ2) is 11.1. The number of amides is 2. The molecule has 5 aliphatic rings. The van der Waals surface area contributed by atoms with Gasteiger partial charge in [0.05, 0.1) is 24.9 Å². The summed E-state index contributed by atoms with van der Waals surface area (Å²) < 4.78 is 5.09. The molecule has 8 nitrogen and oxygen atoms in total. The van der Waals surface area contributed by atoms with Gasteiger partial charge in [-0.25, -0.2) is 4.79 Å². The van der Waals surface area contributed by atoms with Gasteiger partial charge in [-0.1, -0.05) is 20.8 Å². The van der Waals surface area contributed by atoms with Crippen molar-refractivity contribution >= 4 is 12.0 Å². The molecule has 0 spiro atoms. The number of hydrogen-bond acceptors (Lipinski definition) is 6. The first-order valence-corrected chi connectivity index (χ1v) is 15.7. The second-order valence-electron chi connectivity index (χ2n) is 14.1. The van der Waals surface area contributed by atoms with Crippen LogP contribution in [0.1, 0.15) is 85.5 Å². The summed E-state index contributed by atoms with van der Waals surface area (Å²) in [6.07, 6.45) is 6.15. The average Bonchev–Trinajstić information content (AvgIpc) is 3.27. The SMILES string of the molecule is CCOC(=O)N1CCN(C(=O)CCC(C)C2CCC3C4C(O)CC5CC(O)CCC5(C)C4CC(O)C23C)CC1. The van der Waals surface area contributed by atoms with E-state index in [4.69, 9.17) is 4.74 Å². The summed E-state index contributed by atoms with van der Waals surface area (Å²) in [7, 11) is 0. The molecular formula is C31H52N2O6. The molecule has 11 unspecified atom stereocenters. The minimum Gasteiger partial charge on any atom is -0.450 e. The highest BCUT2D eigenvalue weighted by Gasteiger charge is 2.65. The first kappa shape index (κ1) is 29.1. The molecule has 0 aromatic rings. The Hall–Kier alpha value is -1.38. The third-order valence-corrected chi connectivity index (χ3v) is 12.5. The van der Waals surface area contributed by atoms with Gasteiger partial charge in [0.25, 0.3) is 0 Å². The van der Waals surface area contributed by atoms with Gasteiger partial charge in [0, 0.05) is 32.6 Å². The van der Waals surface area contributed by atoms with Crippen LogP contribution in [-0.4, -0.2) is 88.2 Å². The van der Waals surface area contributed by atoms with E-state index in [2.05, 4.69) is 20.8 Å². The van der Waals surface area contributed by atoms with Crippen molar-refractivity contribution in [2.75, 3.05) is 32.8 Å². The van der Waals surface area contributed by atoms with Gasteiger partial charge in [0.1, 0.15) is 0 Å². The molecule has 0 aromatic carbocycles. The quantitative estimate of drug-likeness (QED) is 0.484. The molecule has 39 heavy (non-hydrogen) atoms. The lowest BCUT2D eigenvalue weighted by Gasteiger charge is -2.63. The maximum absolute atomic E-state index is 13.1. The largest absolute Gasteiger partial charge is 0.450 e. The second-order valence-corrected chi connectivity index (χ2v) is 14.1. The van der Waals surface area contributed by atoms with Gasteiger partial charge in [0.15, 0.2) is 0 Å². The van der Waals surface area contributed by atoms with Gasteiger partial charge in [-0.2, -0.15) is 0 Å². The molecule has 2 amide bonds. The van der Waals surface area contributed by atoms with Gasteiger partial charge in [-0.05, 0) is 105 Å². The molecule has 3 N–H and O–H groups in total. The fourth-order valence-electron chi connectivity index (χ4n) is 10.2. The van der Waals surface area contributed by atoms with Crippen LogP contribution in [-0.2, 0) is 9.53 Å². The first-order valence-electron chi connectivity index (χ1n) is 15.7. The van der Waals surface area contributed by atoms with Crippen LogP contribution in [0.3, 0.4) is 0 Å². The Morgan fingerprint density at radius 2 is 1.64 bits per heavy atom. The number of carbonyl (C=O) groups excluding carboxylic acids is 2. The lowest BCUT2D eigenvalue weighted by Crippen LogP contribution is -2.62. The molecule has 8 heteroatoms. The first-order chi connectivity index (χ1) is 18.5. The predicted octanol–water partition coefficient (Wildman–Crippen LogP) is 3.66. The summed E-state index contributed by atoms with van der Waals surface area (Å²) in [4.78, 5) is 28.6. The molecule has 4 saturated carbocycles. The van der Waals surface area contributed by atoms with Crippen molar-refractivity contribution in [3.05, 3.63) is 0 Å². The monoisotopic (exact) mass is 548 g/mol. The smallest absolute Gasteiger partial charge is 0.409 e. The number of nitrogens with zero attached hydrogens (tertiary/aromatic N) is 2. The number of aliphatic hydroxyl groups is 3. The van der Waals surface area contributed by atoms with Crippen LogP contribution in [0, 0.1) is 46.3 Å². The van der Waals surface area contributed by atoms with Gasteiger partial charge < -0.3 is 29.9 Å². The van der Waals surface area contributed by atoms with Gasteiger partial charge >= 0.3 is 6.09 Å². The van der Waals surface area contributed by atoms with Crippen LogP contribution in [0.5, 0.6) is 0 Å². The molecule has 11 atom stereocenters. The Bertz CT molecular complexity index is 908. The van der Waals surface area contributed by atoms with Crippen LogP contribution >= 0.6 is 0 Å². The van der Waals surface area contributed by atoms with Crippen molar-refractivity contribution in [2.45, 2.75) is 104 Å². The Morgan fingerprint density at radius 1 is 0.949 bits per heavy atom. The highest BCUT2D eigenvalue weighted by molar-refractivity contribution is 5.76. The lowest BCUT2D eigenvalue weighted by molar-refractivity contribution is -0.207. The minimum atomic E-state index is -0.403.